The van der Waals surface area contributed by atoms with Crippen LogP contribution in [0.3, 0.4) is 0 Å². The molecule has 0 aliphatic heterocycles. The van der Waals surface area contributed by atoms with Crippen molar-refractivity contribution >= 4 is 33.0 Å². The van der Waals surface area contributed by atoms with E-state index in [0.717, 1.165) is 32.5 Å². The van der Waals surface area contributed by atoms with Crippen LogP contribution in [0.5, 0.6) is 17.2 Å². The first-order valence-corrected chi connectivity index (χ1v) is 12.8. The summed E-state index contributed by atoms with van der Waals surface area (Å²) in [5.41, 5.74) is 3.87. The lowest BCUT2D eigenvalue weighted by atomic mass is 9.96. The molecule has 0 aliphatic carbocycles. The molecule has 3 aromatic carbocycles. The number of methoxy groups -OCH3 is 2. The summed E-state index contributed by atoms with van der Waals surface area (Å²) >= 11 is 3.56. The molecular formula is C29H30BrN3O4. The first-order valence-electron chi connectivity index (χ1n) is 12.0. The van der Waals surface area contributed by atoms with Gasteiger partial charge in [0.1, 0.15) is 5.75 Å². The zero-order valence-corrected chi connectivity index (χ0v) is 23.4. The summed E-state index contributed by atoms with van der Waals surface area (Å²) in [6.45, 7) is 8.76. The number of rotatable bonds is 8. The molecule has 1 aromatic heterocycles. The lowest BCUT2D eigenvalue weighted by molar-refractivity contribution is 0.335. The van der Waals surface area contributed by atoms with E-state index in [-0.39, 0.29) is 11.5 Å². The van der Waals surface area contributed by atoms with Crippen molar-refractivity contribution in [2.24, 2.45) is 5.10 Å². The zero-order chi connectivity index (χ0) is 26.7. The SMILES string of the molecule is CCOc1cc(C)c(-c2nc3ccccc3c(=O)n2N=Cc2cc(OC)c(OC)cc2Br)cc1C(C)C. The predicted molar refractivity (Wildman–Crippen MR) is 152 cm³/mol. The van der Waals surface area contributed by atoms with Gasteiger partial charge >= 0.3 is 0 Å². The predicted octanol–water partition coefficient (Wildman–Crippen LogP) is 6.56. The highest BCUT2D eigenvalue weighted by Crippen LogP contribution is 2.35. The molecule has 0 aliphatic rings. The minimum absolute atomic E-state index is 0.216. The summed E-state index contributed by atoms with van der Waals surface area (Å²) in [5.74, 6) is 2.65. The van der Waals surface area contributed by atoms with Gasteiger partial charge < -0.3 is 14.2 Å². The van der Waals surface area contributed by atoms with Gasteiger partial charge in [-0.15, -0.1) is 0 Å². The summed E-state index contributed by atoms with van der Waals surface area (Å²) in [6.07, 6.45) is 1.61. The van der Waals surface area contributed by atoms with Gasteiger partial charge in [-0.2, -0.15) is 9.78 Å². The van der Waals surface area contributed by atoms with E-state index in [1.165, 1.54) is 4.68 Å². The summed E-state index contributed by atoms with van der Waals surface area (Å²) in [6, 6.07) is 15.0. The van der Waals surface area contributed by atoms with Crippen LogP contribution in [0.25, 0.3) is 22.3 Å². The number of para-hydroxylation sites is 1. The van der Waals surface area contributed by atoms with Crippen LogP contribution in [-0.2, 0) is 0 Å². The number of aryl methyl sites for hydroxylation is 1. The van der Waals surface area contributed by atoms with Crippen LogP contribution in [0.2, 0.25) is 0 Å². The summed E-state index contributed by atoms with van der Waals surface area (Å²) in [4.78, 5) is 18.6. The Balaban J connectivity index is 1.97. The Hall–Kier alpha value is -3.65. The van der Waals surface area contributed by atoms with E-state index < -0.39 is 0 Å². The third-order valence-corrected chi connectivity index (χ3v) is 6.78. The van der Waals surface area contributed by atoms with E-state index in [1.807, 2.05) is 38.1 Å². The first-order chi connectivity index (χ1) is 17.8. The van der Waals surface area contributed by atoms with Gasteiger partial charge in [0, 0.05) is 15.6 Å². The fraction of sp³-hybridized carbons (Fsp3) is 0.276. The second-order valence-electron chi connectivity index (χ2n) is 8.84. The van der Waals surface area contributed by atoms with E-state index in [1.54, 1.807) is 38.6 Å². The Bertz CT molecular complexity index is 1540. The van der Waals surface area contributed by atoms with Gasteiger partial charge in [-0.05, 0) is 83.2 Å². The molecular weight excluding hydrogens is 534 g/mol. The number of fused-ring (bicyclic) bond motifs is 1. The molecule has 0 N–H and O–H groups in total. The lowest BCUT2D eigenvalue weighted by Gasteiger charge is -2.18. The molecule has 4 aromatic rings. The van der Waals surface area contributed by atoms with Crippen molar-refractivity contribution < 1.29 is 14.2 Å². The maximum atomic E-state index is 13.7. The minimum Gasteiger partial charge on any atom is -0.494 e. The van der Waals surface area contributed by atoms with E-state index in [4.69, 9.17) is 19.2 Å². The van der Waals surface area contributed by atoms with Crippen molar-refractivity contribution in [3.63, 3.8) is 0 Å². The number of benzene rings is 3. The molecule has 0 radical (unpaired) electrons. The second-order valence-corrected chi connectivity index (χ2v) is 9.69. The third-order valence-electron chi connectivity index (χ3n) is 6.09. The topological polar surface area (TPSA) is 74.9 Å². The number of nitrogens with zero attached hydrogens (tertiary/aromatic N) is 3. The van der Waals surface area contributed by atoms with Crippen molar-refractivity contribution in [1.82, 2.24) is 9.66 Å². The zero-order valence-electron chi connectivity index (χ0n) is 21.8. The van der Waals surface area contributed by atoms with Gasteiger partial charge in [-0.1, -0.05) is 26.0 Å². The fourth-order valence-electron chi connectivity index (χ4n) is 4.16. The number of hydrogen-bond donors (Lipinski definition) is 0. The summed E-state index contributed by atoms with van der Waals surface area (Å²) in [7, 11) is 3.15. The fourth-order valence-corrected chi connectivity index (χ4v) is 4.59. The van der Waals surface area contributed by atoms with Crippen molar-refractivity contribution in [2.75, 3.05) is 20.8 Å². The molecule has 4 rings (SSSR count). The van der Waals surface area contributed by atoms with Crippen LogP contribution < -0.4 is 19.8 Å². The standard InChI is InChI=1S/C29H30BrN3O4/c1-7-37-25-12-18(4)22(14-21(25)17(2)3)28-32-24-11-9-8-10-20(24)29(34)33(28)31-16-19-13-26(35-5)27(36-6)15-23(19)30/h8-17H,7H2,1-6H3. The quantitative estimate of drug-likeness (QED) is 0.227. The van der Waals surface area contributed by atoms with Gasteiger partial charge in [0.2, 0.25) is 0 Å². The van der Waals surface area contributed by atoms with E-state index in [2.05, 4.69) is 40.9 Å². The van der Waals surface area contributed by atoms with Crippen molar-refractivity contribution in [3.05, 3.63) is 80.0 Å². The Labute approximate surface area is 224 Å². The number of hydrogen-bond acceptors (Lipinski definition) is 6. The Morgan fingerprint density at radius 2 is 1.76 bits per heavy atom. The van der Waals surface area contributed by atoms with Crippen LogP contribution in [0.4, 0.5) is 0 Å². The maximum absolute atomic E-state index is 13.7. The largest absolute Gasteiger partial charge is 0.494 e. The molecule has 7 nitrogen and oxygen atoms in total. The molecule has 37 heavy (non-hydrogen) atoms. The molecule has 0 saturated carbocycles. The molecule has 0 spiro atoms. The average Bonchev–Trinajstić information content (AvgIpc) is 2.88. The van der Waals surface area contributed by atoms with Crippen molar-refractivity contribution in [2.45, 2.75) is 33.6 Å². The minimum atomic E-state index is -0.257. The van der Waals surface area contributed by atoms with Crippen molar-refractivity contribution in [3.8, 4) is 28.6 Å². The smallest absolute Gasteiger partial charge is 0.282 e. The molecule has 0 bridgehead atoms. The molecule has 1 heterocycles. The highest BCUT2D eigenvalue weighted by Gasteiger charge is 2.19. The van der Waals surface area contributed by atoms with Crippen molar-refractivity contribution in [1.29, 1.82) is 0 Å². The Morgan fingerprint density at radius 3 is 2.43 bits per heavy atom. The van der Waals surface area contributed by atoms with Crippen LogP contribution in [0, 0.1) is 6.92 Å². The Morgan fingerprint density at radius 1 is 1.05 bits per heavy atom. The second kappa shape index (κ2) is 11.2. The van der Waals surface area contributed by atoms with Gasteiger partial charge in [0.05, 0.1) is 37.9 Å². The summed E-state index contributed by atoms with van der Waals surface area (Å²) in [5, 5.41) is 5.12. The van der Waals surface area contributed by atoms with Gasteiger partial charge in [0.25, 0.3) is 5.56 Å². The Kier molecular flexibility index (Phi) is 7.97. The number of ether oxygens (including phenoxy) is 3. The molecule has 192 valence electrons. The van der Waals surface area contributed by atoms with Gasteiger partial charge in [-0.25, -0.2) is 4.98 Å². The van der Waals surface area contributed by atoms with Crippen LogP contribution in [-0.4, -0.2) is 36.7 Å². The molecule has 0 fully saturated rings. The van der Waals surface area contributed by atoms with Gasteiger partial charge in [0.15, 0.2) is 17.3 Å². The number of aromatic nitrogens is 2. The molecule has 0 unspecified atom stereocenters. The molecule has 0 atom stereocenters. The molecule has 8 heteroatoms. The monoisotopic (exact) mass is 563 g/mol. The number of halogens is 1. The molecule has 0 saturated heterocycles. The third kappa shape index (κ3) is 5.25. The highest BCUT2D eigenvalue weighted by molar-refractivity contribution is 9.10. The average molecular weight is 564 g/mol. The van der Waals surface area contributed by atoms with E-state index in [0.29, 0.717) is 34.8 Å². The van der Waals surface area contributed by atoms with E-state index >= 15 is 0 Å². The van der Waals surface area contributed by atoms with Crippen LogP contribution in [0.15, 0.2) is 62.9 Å². The highest BCUT2D eigenvalue weighted by atomic mass is 79.9. The van der Waals surface area contributed by atoms with Gasteiger partial charge in [-0.3, -0.25) is 4.79 Å². The maximum Gasteiger partial charge on any atom is 0.282 e. The van der Waals surface area contributed by atoms with Crippen LogP contribution in [0.1, 0.15) is 43.4 Å². The van der Waals surface area contributed by atoms with E-state index in [9.17, 15) is 4.79 Å². The van der Waals surface area contributed by atoms with Crippen LogP contribution >= 0.6 is 15.9 Å². The lowest BCUT2D eigenvalue weighted by Crippen LogP contribution is -2.21. The summed E-state index contributed by atoms with van der Waals surface area (Å²) < 4.78 is 18.8. The first kappa shape index (κ1) is 26.4. The molecule has 0 amide bonds. The normalized spacial score (nSPS) is 11.5.